The normalized spacial score (nSPS) is 11.9. The maximum absolute atomic E-state index is 4.44. The molecule has 15 heavy (non-hydrogen) atoms. The highest BCUT2D eigenvalue weighted by molar-refractivity contribution is 7.17. The molecule has 0 unspecified atom stereocenters. The van der Waals surface area contributed by atoms with Gasteiger partial charge in [0.05, 0.1) is 10.2 Å². The molecule has 3 rings (SSSR count). The van der Waals surface area contributed by atoms with Crippen molar-refractivity contribution in [2.45, 2.75) is 19.9 Å². The molecule has 0 amide bonds. The lowest BCUT2D eigenvalue weighted by atomic mass is 10.3. The third-order valence-corrected chi connectivity index (χ3v) is 3.40. The summed E-state index contributed by atoms with van der Waals surface area (Å²) in [6, 6.07) is 4.48. The number of fused-ring (bicyclic) bond motifs is 3. The standard InChI is InChI=1S/C11H11N3S/c1-7(2)14-10-8(4-3-5-12-10)9-11(14)13-6-15-9/h3-7H,1-2H3. The summed E-state index contributed by atoms with van der Waals surface area (Å²) >= 11 is 1.68. The van der Waals surface area contributed by atoms with Crippen LogP contribution in [-0.4, -0.2) is 14.5 Å². The van der Waals surface area contributed by atoms with Crippen LogP contribution < -0.4 is 0 Å². The van der Waals surface area contributed by atoms with E-state index in [0.717, 1.165) is 11.3 Å². The van der Waals surface area contributed by atoms with Crippen LogP contribution >= 0.6 is 11.3 Å². The van der Waals surface area contributed by atoms with Gasteiger partial charge in [-0.3, -0.25) is 0 Å². The molecule has 3 aromatic rings. The van der Waals surface area contributed by atoms with Crippen molar-refractivity contribution in [3.05, 3.63) is 23.8 Å². The Labute approximate surface area is 91.4 Å². The average molecular weight is 217 g/mol. The zero-order valence-electron chi connectivity index (χ0n) is 8.64. The molecule has 0 aliphatic carbocycles. The van der Waals surface area contributed by atoms with Crippen LogP contribution in [0.1, 0.15) is 19.9 Å². The van der Waals surface area contributed by atoms with E-state index < -0.39 is 0 Å². The second-order valence-corrected chi connectivity index (χ2v) is 4.70. The Morgan fingerprint density at radius 1 is 1.27 bits per heavy atom. The zero-order valence-corrected chi connectivity index (χ0v) is 9.45. The zero-order chi connectivity index (χ0) is 10.4. The molecule has 0 bridgehead atoms. The van der Waals surface area contributed by atoms with E-state index in [0.29, 0.717) is 6.04 Å². The minimum absolute atomic E-state index is 0.391. The molecule has 3 aromatic heterocycles. The topological polar surface area (TPSA) is 30.7 Å². The Balaban J connectivity index is 2.58. The summed E-state index contributed by atoms with van der Waals surface area (Å²) in [6.45, 7) is 4.32. The molecule has 0 radical (unpaired) electrons. The van der Waals surface area contributed by atoms with Crippen LogP contribution in [0.15, 0.2) is 23.8 Å². The van der Waals surface area contributed by atoms with Gasteiger partial charge in [-0.25, -0.2) is 9.97 Å². The first-order chi connectivity index (χ1) is 7.29. The third-order valence-electron chi connectivity index (χ3n) is 2.55. The fourth-order valence-electron chi connectivity index (χ4n) is 1.95. The number of thiazole rings is 1. The number of pyridine rings is 1. The van der Waals surface area contributed by atoms with E-state index in [1.807, 2.05) is 17.8 Å². The molecule has 3 heterocycles. The lowest BCUT2D eigenvalue weighted by molar-refractivity contribution is 0.633. The van der Waals surface area contributed by atoms with E-state index in [-0.39, 0.29) is 0 Å². The molecule has 4 heteroatoms. The predicted molar refractivity (Wildman–Crippen MR) is 63.3 cm³/mol. The van der Waals surface area contributed by atoms with Crippen LogP contribution in [-0.2, 0) is 0 Å². The molecule has 0 atom stereocenters. The molecule has 3 nitrogen and oxygen atoms in total. The van der Waals surface area contributed by atoms with Gasteiger partial charge in [-0.2, -0.15) is 0 Å². The number of nitrogens with zero attached hydrogens (tertiary/aromatic N) is 3. The summed E-state index contributed by atoms with van der Waals surface area (Å²) in [7, 11) is 0. The molecule has 0 saturated carbocycles. The fraction of sp³-hybridized carbons (Fsp3) is 0.273. The van der Waals surface area contributed by atoms with Gasteiger partial charge in [0.2, 0.25) is 0 Å². The van der Waals surface area contributed by atoms with Crippen molar-refractivity contribution in [1.82, 2.24) is 14.5 Å². The fourth-order valence-corrected chi connectivity index (χ4v) is 2.75. The SMILES string of the molecule is CC(C)n1c2ncccc2c2scnc21. The molecule has 0 saturated heterocycles. The van der Waals surface area contributed by atoms with Crippen molar-refractivity contribution in [3.8, 4) is 0 Å². The molecule has 0 aliphatic heterocycles. The van der Waals surface area contributed by atoms with Crippen molar-refractivity contribution in [2.24, 2.45) is 0 Å². The highest BCUT2D eigenvalue weighted by Gasteiger charge is 2.14. The summed E-state index contributed by atoms with van der Waals surface area (Å²) in [6.07, 6.45) is 1.84. The van der Waals surface area contributed by atoms with Crippen molar-refractivity contribution >= 4 is 32.7 Å². The van der Waals surface area contributed by atoms with Crippen LogP contribution in [0.4, 0.5) is 0 Å². The summed E-state index contributed by atoms with van der Waals surface area (Å²) in [4.78, 5) is 8.86. The van der Waals surface area contributed by atoms with Gasteiger partial charge in [-0.1, -0.05) is 0 Å². The van der Waals surface area contributed by atoms with Crippen LogP contribution in [0.3, 0.4) is 0 Å². The Kier molecular flexibility index (Phi) is 1.79. The Morgan fingerprint density at radius 3 is 2.93 bits per heavy atom. The van der Waals surface area contributed by atoms with Crippen molar-refractivity contribution in [3.63, 3.8) is 0 Å². The smallest absolute Gasteiger partial charge is 0.153 e. The van der Waals surface area contributed by atoms with Crippen LogP contribution in [0.25, 0.3) is 21.4 Å². The Bertz CT molecular complexity index is 621. The molecule has 0 aromatic carbocycles. The number of hydrogen-bond acceptors (Lipinski definition) is 3. The summed E-state index contributed by atoms with van der Waals surface area (Å²) in [5.74, 6) is 0. The van der Waals surface area contributed by atoms with E-state index in [2.05, 4.69) is 34.4 Å². The maximum atomic E-state index is 4.44. The highest BCUT2D eigenvalue weighted by atomic mass is 32.1. The largest absolute Gasteiger partial charge is 0.307 e. The van der Waals surface area contributed by atoms with Crippen molar-refractivity contribution in [2.75, 3.05) is 0 Å². The van der Waals surface area contributed by atoms with Gasteiger partial charge >= 0.3 is 0 Å². The van der Waals surface area contributed by atoms with E-state index in [4.69, 9.17) is 0 Å². The van der Waals surface area contributed by atoms with Gasteiger partial charge in [0.15, 0.2) is 5.65 Å². The minimum Gasteiger partial charge on any atom is -0.307 e. The first-order valence-electron chi connectivity index (χ1n) is 4.97. The lowest BCUT2D eigenvalue weighted by Crippen LogP contribution is -2.01. The number of aromatic nitrogens is 3. The van der Waals surface area contributed by atoms with E-state index in [1.54, 1.807) is 11.3 Å². The molecule has 0 spiro atoms. The molecule has 0 aliphatic rings. The first kappa shape index (κ1) is 8.85. The van der Waals surface area contributed by atoms with Gasteiger partial charge in [0.1, 0.15) is 5.65 Å². The molecule has 0 fully saturated rings. The monoisotopic (exact) mass is 217 g/mol. The molecular weight excluding hydrogens is 206 g/mol. The van der Waals surface area contributed by atoms with Crippen LogP contribution in [0.5, 0.6) is 0 Å². The van der Waals surface area contributed by atoms with E-state index in [1.165, 1.54) is 10.1 Å². The second kappa shape index (κ2) is 3.03. The van der Waals surface area contributed by atoms with Gasteiger partial charge in [0.25, 0.3) is 0 Å². The summed E-state index contributed by atoms with van der Waals surface area (Å²) in [5, 5.41) is 1.21. The van der Waals surface area contributed by atoms with Crippen molar-refractivity contribution in [1.29, 1.82) is 0 Å². The first-order valence-corrected chi connectivity index (χ1v) is 5.85. The van der Waals surface area contributed by atoms with Crippen LogP contribution in [0, 0.1) is 0 Å². The molecule has 76 valence electrons. The Morgan fingerprint density at radius 2 is 2.13 bits per heavy atom. The van der Waals surface area contributed by atoms with Gasteiger partial charge in [0, 0.05) is 17.6 Å². The van der Waals surface area contributed by atoms with Gasteiger partial charge < -0.3 is 4.57 Å². The van der Waals surface area contributed by atoms with Gasteiger partial charge in [-0.15, -0.1) is 11.3 Å². The Hall–Kier alpha value is -1.42. The second-order valence-electron chi connectivity index (χ2n) is 3.84. The lowest BCUT2D eigenvalue weighted by Gasteiger charge is -2.08. The highest BCUT2D eigenvalue weighted by Crippen LogP contribution is 2.31. The quantitative estimate of drug-likeness (QED) is 0.626. The van der Waals surface area contributed by atoms with E-state index in [9.17, 15) is 0 Å². The maximum Gasteiger partial charge on any atom is 0.153 e. The van der Waals surface area contributed by atoms with Crippen LogP contribution in [0.2, 0.25) is 0 Å². The molecule has 0 N–H and O–H groups in total. The predicted octanol–water partition coefficient (Wildman–Crippen LogP) is 3.23. The number of rotatable bonds is 1. The minimum atomic E-state index is 0.391. The summed E-state index contributed by atoms with van der Waals surface area (Å²) in [5.41, 5.74) is 4.00. The summed E-state index contributed by atoms with van der Waals surface area (Å²) < 4.78 is 3.44. The average Bonchev–Trinajstić information content (AvgIpc) is 2.75. The molecular formula is C11H11N3S. The van der Waals surface area contributed by atoms with Gasteiger partial charge in [-0.05, 0) is 26.0 Å². The van der Waals surface area contributed by atoms with E-state index >= 15 is 0 Å². The number of hydrogen-bond donors (Lipinski definition) is 0. The third kappa shape index (κ3) is 1.11. The van der Waals surface area contributed by atoms with Crippen molar-refractivity contribution < 1.29 is 0 Å².